The number of benzene rings is 1. The van der Waals surface area contributed by atoms with E-state index in [2.05, 4.69) is 15.7 Å². The molecule has 1 aromatic carbocycles. The second-order valence-electron chi connectivity index (χ2n) is 8.17. The van der Waals surface area contributed by atoms with E-state index >= 15 is 0 Å². The molecule has 1 saturated carbocycles. The molecule has 2 aliphatic rings. The number of hydrogen-bond donors (Lipinski definition) is 2. The van der Waals surface area contributed by atoms with E-state index in [0.717, 1.165) is 35.4 Å². The number of carbonyl (C=O) groups excluding carboxylic acids is 3. The molecule has 1 saturated heterocycles. The molecule has 8 nitrogen and oxygen atoms in total. The SMILES string of the molecule is CC1CCCCC12NC(=O)N(CC(=O)NCCc1cnn(-c3ccccc3)c1)C2=O. The Morgan fingerprint density at radius 2 is 2.07 bits per heavy atom. The number of carbonyl (C=O) groups is 3. The molecular weight excluding hydrogens is 382 g/mol. The molecule has 8 heteroatoms. The molecule has 1 spiro atoms. The van der Waals surface area contributed by atoms with Crippen molar-refractivity contribution in [2.45, 2.75) is 44.6 Å². The van der Waals surface area contributed by atoms with E-state index in [9.17, 15) is 14.4 Å². The highest BCUT2D eigenvalue weighted by Gasteiger charge is 2.55. The third-order valence-electron chi connectivity index (χ3n) is 6.20. The topological polar surface area (TPSA) is 96.3 Å². The standard InChI is InChI=1S/C22H27N5O3/c1-16-7-5-6-11-22(16)20(29)26(21(30)25-22)15-19(28)23-12-10-17-13-24-27(14-17)18-8-3-2-4-9-18/h2-4,8-9,13-14,16H,5-7,10-12,15H2,1H3,(H,23,28)(H,25,30). The molecule has 30 heavy (non-hydrogen) atoms. The van der Waals surface area contributed by atoms with E-state index < -0.39 is 11.6 Å². The normalized spacial score (nSPS) is 23.6. The summed E-state index contributed by atoms with van der Waals surface area (Å²) in [7, 11) is 0. The molecule has 158 valence electrons. The monoisotopic (exact) mass is 409 g/mol. The van der Waals surface area contributed by atoms with E-state index in [0.29, 0.717) is 19.4 Å². The first-order chi connectivity index (χ1) is 14.5. The van der Waals surface area contributed by atoms with Gasteiger partial charge in [-0.2, -0.15) is 5.10 Å². The van der Waals surface area contributed by atoms with Crippen LogP contribution in [0.25, 0.3) is 5.69 Å². The molecule has 0 bridgehead atoms. The van der Waals surface area contributed by atoms with Crippen molar-refractivity contribution < 1.29 is 14.4 Å². The average Bonchev–Trinajstić information content (AvgIpc) is 3.30. The van der Waals surface area contributed by atoms with Gasteiger partial charge in [0.05, 0.1) is 11.9 Å². The zero-order valence-electron chi connectivity index (χ0n) is 17.1. The van der Waals surface area contributed by atoms with Crippen LogP contribution in [0.1, 0.15) is 38.2 Å². The maximum Gasteiger partial charge on any atom is 0.325 e. The first-order valence-corrected chi connectivity index (χ1v) is 10.5. The Labute approximate surface area is 175 Å². The summed E-state index contributed by atoms with van der Waals surface area (Å²) in [5.41, 5.74) is 1.13. The predicted octanol–water partition coefficient (Wildman–Crippen LogP) is 2.03. The first-order valence-electron chi connectivity index (χ1n) is 10.5. The molecule has 2 unspecified atom stereocenters. The van der Waals surface area contributed by atoms with Crippen LogP contribution in [-0.2, 0) is 16.0 Å². The Bertz CT molecular complexity index is 941. The zero-order valence-corrected chi connectivity index (χ0v) is 17.1. The minimum Gasteiger partial charge on any atom is -0.354 e. The summed E-state index contributed by atoms with van der Waals surface area (Å²) < 4.78 is 1.79. The lowest BCUT2D eigenvalue weighted by molar-refractivity contribution is -0.137. The molecule has 0 radical (unpaired) electrons. The highest BCUT2D eigenvalue weighted by atomic mass is 16.2. The molecule has 1 aliphatic carbocycles. The smallest absolute Gasteiger partial charge is 0.325 e. The van der Waals surface area contributed by atoms with Crippen LogP contribution in [0, 0.1) is 5.92 Å². The molecule has 4 rings (SSSR count). The lowest BCUT2D eigenvalue weighted by Gasteiger charge is -2.36. The number of rotatable bonds is 6. The van der Waals surface area contributed by atoms with Crippen LogP contribution in [-0.4, -0.2) is 51.2 Å². The predicted molar refractivity (Wildman–Crippen MR) is 111 cm³/mol. The number of para-hydroxylation sites is 1. The van der Waals surface area contributed by atoms with Crippen molar-refractivity contribution in [3.63, 3.8) is 0 Å². The van der Waals surface area contributed by atoms with E-state index in [4.69, 9.17) is 0 Å². The molecule has 1 aromatic heterocycles. The first kappa shape index (κ1) is 20.1. The number of aromatic nitrogens is 2. The van der Waals surface area contributed by atoms with Gasteiger partial charge in [-0.3, -0.25) is 14.5 Å². The van der Waals surface area contributed by atoms with E-state index in [1.807, 2.05) is 43.5 Å². The van der Waals surface area contributed by atoms with Gasteiger partial charge in [-0.1, -0.05) is 38.0 Å². The van der Waals surface area contributed by atoms with Gasteiger partial charge in [-0.05, 0) is 42.9 Å². The van der Waals surface area contributed by atoms with Crippen molar-refractivity contribution in [3.8, 4) is 5.69 Å². The van der Waals surface area contributed by atoms with Crippen LogP contribution < -0.4 is 10.6 Å². The highest BCUT2D eigenvalue weighted by Crippen LogP contribution is 2.38. The van der Waals surface area contributed by atoms with Crippen LogP contribution in [0.2, 0.25) is 0 Å². The Morgan fingerprint density at radius 3 is 2.83 bits per heavy atom. The molecule has 2 aromatic rings. The maximum atomic E-state index is 12.9. The summed E-state index contributed by atoms with van der Waals surface area (Å²) in [6, 6.07) is 9.32. The van der Waals surface area contributed by atoms with Crippen molar-refractivity contribution in [2.24, 2.45) is 5.92 Å². The van der Waals surface area contributed by atoms with Crippen LogP contribution in [0.5, 0.6) is 0 Å². The van der Waals surface area contributed by atoms with Crippen molar-refractivity contribution in [1.82, 2.24) is 25.3 Å². The van der Waals surface area contributed by atoms with Gasteiger partial charge in [0.25, 0.3) is 5.91 Å². The Morgan fingerprint density at radius 1 is 1.27 bits per heavy atom. The van der Waals surface area contributed by atoms with Crippen molar-refractivity contribution in [3.05, 3.63) is 48.3 Å². The summed E-state index contributed by atoms with van der Waals surface area (Å²) in [6.07, 6.45) is 7.82. The number of nitrogens with zero attached hydrogens (tertiary/aromatic N) is 3. The van der Waals surface area contributed by atoms with Crippen LogP contribution in [0.15, 0.2) is 42.7 Å². The summed E-state index contributed by atoms with van der Waals surface area (Å²) in [5.74, 6) is -0.523. The fourth-order valence-electron chi connectivity index (χ4n) is 4.40. The van der Waals surface area contributed by atoms with Crippen molar-refractivity contribution in [2.75, 3.05) is 13.1 Å². The number of urea groups is 1. The van der Waals surface area contributed by atoms with E-state index in [-0.39, 0.29) is 24.3 Å². The van der Waals surface area contributed by atoms with E-state index in [1.54, 1.807) is 10.9 Å². The summed E-state index contributed by atoms with van der Waals surface area (Å²) >= 11 is 0. The van der Waals surface area contributed by atoms with Gasteiger partial charge in [-0.25, -0.2) is 9.48 Å². The van der Waals surface area contributed by atoms with Gasteiger partial charge in [0.1, 0.15) is 12.1 Å². The fourth-order valence-corrected chi connectivity index (χ4v) is 4.40. The van der Waals surface area contributed by atoms with Crippen molar-refractivity contribution >= 4 is 17.8 Å². The molecular formula is C22H27N5O3. The van der Waals surface area contributed by atoms with Gasteiger partial charge in [0.2, 0.25) is 5.91 Å². The number of imide groups is 1. The van der Waals surface area contributed by atoms with Crippen LogP contribution >= 0.6 is 0 Å². The third kappa shape index (κ3) is 3.81. The molecule has 1 aliphatic heterocycles. The summed E-state index contributed by atoms with van der Waals surface area (Å²) in [6.45, 7) is 2.16. The molecule has 2 fully saturated rings. The lowest BCUT2D eigenvalue weighted by Crippen LogP contribution is -2.54. The second kappa shape index (κ2) is 8.30. The molecule has 2 N–H and O–H groups in total. The number of hydrogen-bond acceptors (Lipinski definition) is 4. The molecule has 2 heterocycles. The van der Waals surface area contributed by atoms with Crippen LogP contribution in [0.3, 0.4) is 0 Å². The summed E-state index contributed by atoms with van der Waals surface area (Å²) in [5, 5.41) is 10.0. The largest absolute Gasteiger partial charge is 0.354 e. The Balaban J connectivity index is 1.29. The van der Waals surface area contributed by atoms with Gasteiger partial charge >= 0.3 is 6.03 Å². The maximum absolute atomic E-state index is 12.9. The van der Waals surface area contributed by atoms with Crippen molar-refractivity contribution in [1.29, 1.82) is 0 Å². The molecule has 2 atom stereocenters. The minimum absolute atomic E-state index is 0.0805. The minimum atomic E-state index is -0.832. The third-order valence-corrected chi connectivity index (χ3v) is 6.20. The zero-order chi connectivity index (χ0) is 21.1. The fraction of sp³-hybridized carbons (Fsp3) is 0.455. The summed E-state index contributed by atoms with van der Waals surface area (Å²) in [4.78, 5) is 38.7. The second-order valence-corrected chi connectivity index (χ2v) is 8.17. The number of nitrogens with one attached hydrogen (secondary N) is 2. The quantitative estimate of drug-likeness (QED) is 0.714. The molecule has 4 amide bonds. The van der Waals surface area contributed by atoms with E-state index in [1.165, 1.54) is 0 Å². The average molecular weight is 409 g/mol. The van der Waals surface area contributed by atoms with Gasteiger partial charge in [0, 0.05) is 12.7 Å². The van der Waals surface area contributed by atoms with Crippen LogP contribution in [0.4, 0.5) is 4.79 Å². The van der Waals surface area contributed by atoms with Gasteiger partial charge in [0.15, 0.2) is 0 Å². The van der Waals surface area contributed by atoms with Gasteiger partial charge < -0.3 is 10.6 Å². The Kier molecular flexibility index (Phi) is 5.57. The number of amides is 4. The highest BCUT2D eigenvalue weighted by molar-refractivity contribution is 6.09. The Hall–Kier alpha value is -3.16. The van der Waals surface area contributed by atoms with Gasteiger partial charge in [-0.15, -0.1) is 0 Å². The lowest BCUT2D eigenvalue weighted by atomic mass is 9.73.